The van der Waals surface area contributed by atoms with Gasteiger partial charge in [-0.05, 0) is 29.7 Å². The topological polar surface area (TPSA) is 40.6 Å². The minimum absolute atomic E-state index is 0.0219. The summed E-state index contributed by atoms with van der Waals surface area (Å²) in [6.45, 7) is 5.12. The Balaban J connectivity index is 1.80. The zero-order chi connectivity index (χ0) is 18.8. The number of para-hydroxylation sites is 1. The standard InChI is InChI=1S/C20H20Cl2N2O2/c1-13(2)14-6-3-4-9-17(14)24-11-10-23(12-18(24)25)20(26)15-7-5-8-16(21)19(15)22/h3-9,13H,10-12H2,1-2H3. The maximum atomic E-state index is 12.7. The van der Waals surface area contributed by atoms with Gasteiger partial charge in [0.1, 0.15) is 6.54 Å². The number of amides is 2. The second kappa shape index (κ2) is 7.68. The number of anilines is 1. The molecule has 3 rings (SSSR count). The third kappa shape index (κ3) is 3.57. The number of halogens is 2. The fourth-order valence-corrected chi connectivity index (χ4v) is 3.54. The molecule has 1 aliphatic rings. The summed E-state index contributed by atoms with van der Waals surface area (Å²) >= 11 is 12.1. The molecule has 2 aromatic rings. The molecule has 0 N–H and O–H groups in total. The first-order valence-corrected chi connectivity index (χ1v) is 9.28. The molecule has 4 nitrogen and oxygen atoms in total. The van der Waals surface area contributed by atoms with Crippen molar-refractivity contribution in [1.29, 1.82) is 0 Å². The van der Waals surface area contributed by atoms with Crippen LogP contribution in [0.2, 0.25) is 10.0 Å². The number of carbonyl (C=O) groups is 2. The van der Waals surface area contributed by atoms with Gasteiger partial charge in [0.2, 0.25) is 5.91 Å². The molecule has 1 heterocycles. The molecule has 136 valence electrons. The van der Waals surface area contributed by atoms with Gasteiger partial charge in [-0.1, -0.05) is 61.3 Å². The van der Waals surface area contributed by atoms with Crippen LogP contribution in [0.25, 0.3) is 0 Å². The van der Waals surface area contributed by atoms with Crippen LogP contribution in [0.5, 0.6) is 0 Å². The van der Waals surface area contributed by atoms with Crippen LogP contribution in [0, 0.1) is 0 Å². The Morgan fingerprint density at radius 1 is 1.04 bits per heavy atom. The number of rotatable bonds is 3. The second-order valence-electron chi connectivity index (χ2n) is 6.59. The fourth-order valence-electron chi connectivity index (χ4n) is 3.16. The van der Waals surface area contributed by atoms with Gasteiger partial charge in [-0.15, -0.1) is 0 Å². The number of piperazine rings is 1. The molecule has 1 aliphatic heterocycles. The van der Waals surface area contributed by atoms with Crippen molar-refractivity contribution in [2.45, 2.75) is 19.8 Å². The normalized spacial score (nSPS) is 14.9. The summed E-state index contributed by atoms with van der Waals surface area (Å²) in [5.41, 5.74) is 2.36. The molecule has 0 spiro atoms. The van der Waals surface area contributed by atoms with Gasteiger partial charge in [0, 0.05) is 18.8 Å². The molecule has 1 fully saturated rings. The molecule has 0 aliphatic carbocycles. The lowest BCUT2D eigenvalue weighted by Crippen LogP contribution is -2.52. The molecule has 1 saturated heterocycles. The molecular formula is C20H20Cl2N2O2. The third-order valence-corrected chi connectivity index (χ3v) is 5.36. The van der Waals surface area contributed by atoms with E-state index in [9.17, 15) is 9.59 Å². The van der Waals surface area contributed by atoms with Gasteiger partial charge in [0.15, 0.2) is 0 Å². The quantitative estimate of drug-likeness (QED) is 0.767. The largest absolute Gasteiger partial charge is 0.327 e. The van der Waals surface area contributed by atoms with Crippen molar-refractivity contribution >= 4 is 40.7 Å². The Kier molecular flexibility index (Phi) is 5.54. The highest BCUT2D eigenvalue weighted by Gasteiger charge is 2.30. The number of nitrogens with zero attached hydrogens (tertiary/aromatic N) is 2. The summed E-state index contributed by atoms with van der Waals surface area (Å²) in [5, 5.41) is 0.549. The van der Waals surface area contributed by atoms with Gasteiger partial charge in [-0.3, -0.25) is 9.59 Å². The molecule has 0 saturated carbocycles. The van der Waals surface area contributed by atoms with E-state index in [1.165, 1.54) is 4.90 Å². The zero-order valence-electron chi connectivity index (χ0n) is 14.7. The first-order chi connectivity index (χ1) is 12.4. The maximum Gasteiger partial charge on any atom is 0.255 e. The number of hydrogen-bond acceptors (Lipinski definition) is 2. The third-order valence-electron chi connectivity index (χ3n) is 4.54. The van der Waals surface area contributed by atoms with Crippen LogP contribution >= 0.6 is 23.2 Å². The van der Waals surface area contributed by atoms with Crippen molar-refractivity contribution in [3.05, 3.63) is 63.6 Å². The number of carbonyl (C=O) groups excluding carboxylic acids is 2. The highest BCUT2D eigenvalue weighted by molar-refractivity contribution is 6.43. The van der Waals surface area contributed by atoms with E-state index < -0.39 is 0 Å². The molecule has 0 atom stereocenters. The summed E-state index contributed by atoms with van der Waals surface area (Å²) < 4.78 is 0. The Morgan fingerprint density at radius 3 is 2.46 bits per heavy atom. The molecule has 0 unspecified atom stereocenters. The van der Waals surface area contributed by atoms with Gasteiger partial charge >= 0.3 is 0 Å². The molecule has 2 amide bonds. The van der Waals surface area contributed by atoms with Crippen molar-refractivity contribution in [2.75, 3.05) is 24.5 Å². The van der Waals surface area contributed by atoms with Crippen LogP contribution in [0.4, 0.5) is 5.69 Å². The highest BCUT2D eigenvalue weighted by atomic mass is 35.5. The van der Waals surface area contributed by atoms with E-state index in [4.69, 9.17) is 23.2 Å². The van der Waals surface area contributed by atoms with Gasteiger partial charge in [0.05, 0.1) is 15.6 Å². The minimum atomic E-state index is -0.275. The van der Waals surface area contributed by atoms with Crippen LogP contribution in [0.1, 0.15) is 35.7 Å². The van der Waals surface area contributed by atoms with Crippen molar-refractivity contribution in [3.8, 4) is 0 Å². The molecule has 2 aromatic carbocycles. The Morgan fingerprint density at radius 2 is 1.77 bits per heavy atom. The molecule has 26 heavy (non-hydrogen) atoms. The number of benzene rings is 2. The summed E-state index contributed by atoms with van der Waals surface area (Å²) in [4.78, 5) is 28.8. The van der Waals surface area contributed by atoms with Crippen molar-refractivity contribution in [1.82, 2.24) is 4.90 Å². The first-order valence-electron chi connectivity index (χ1n) is 8.52. The summed E-state index contributed by atoms with van der Waals surface area (Å²) in [6, 6.07) is 12.8. The average molecular weight is 391 g/mol. The van der Waals surface area contributed by atoms with Crippen molar-refractivity contribution in [3.63, 3.8) is 0 Å². The monoisotopic (exact) mass is 390 g/mol. The van der Waals surface area contributed by atoms with Crippen LogP contribution in [0.3, 0.4) is 0 Å². The lowest BCUT2D eigenvalue weighted by atomic mass is 10.00. The van der Waals surface area contributed by atoms with Crippen LogP contribution in [-0.4, -0.2) is 36.3 Å². The van der Waals surface area contributed by atoms with E-state index in [1.54, 1.807) is 23.1 Å². The summed E-state index contributed by atoms with van der Waals surface area (Å²) in [5.74, 6) is -0.0672. The minimum Gasteiger partial charge on any atom is -0.327 e. The average Bonchev–Trinajstić information content (AvgIpc) is 2.63. The Hall–Kier alpha value is -2.04. The van der Waals surface area contributed by atoms with Crippen molar-refractivity contribution < 1.29 is 9.59 Å². The van der Waals surface area contributed by atoms with Gasteiger partial charge in [0.25, 0.3) is 5.91 Å². The lowest BCUT2D eigenvalue weighted by molar-refractivity contribution is -0.120. The molecule has 0 radical (unpaired) electrons. The fraction of sp³-hybridized carbons (Fsp3) is 0.300. The van der Waals surface area contributed by atoms with Gasteiger partial charge in [-0.2, -0.15) is 0 Å². The lowest BCUT2D eigenvalue weighted by Gasteiger charge is -2.35. The van der Waals surface area contributed by atoms with E-state index in [-0.39, 0.29) is 23.4 Å². The Labute approximate surface area is 163 Å². The van der Waals surface area contributed by atoms with Crippen LogP contribution in [-0.2, 0) is 4.79 Å². The van der Waals surface area contributed by atoms with E-state index in [0.717, 1.165) is 11.3 Å². The molecule has 0 bridgehead atoms. The molecular weight excluding hydrogens is 371 g/mol. The maximum absolute atomic E-state index is 12.7. The zero-order valence-corrected chi connectivity index (χ0v) is 16.2. The second-order valence-corrected chi connectivity index (χ2v) is 7.37. The summed E-state index contributed by atoms with van der Waals surface area (Å²) in [6.07, 6.45) is 0. The van der Waals surface area contributed by atoms with E-state index in [2.05, 4.69) is 13.8 Å². The molecule has 0 aromatic heterocycles. The Bertz CT molecular complexity index is 851. The van der Waals surface area contributed by atoms with E-state index in [1.807, 2.05) is 24.3 Å². The predicted octanol–water partition coefficient (Wildman–Crippen LogP) is 4.61. The van der Waals surface area contributed by atoms with Gasteiger partial charge < -0.3 is 9.80 Å². The SMILES string of the molecule is CC(C)c1ccccc1N1CCN(C(=O)c2cccc(Cl)c2Cl)CC1=O. The predicted molar refractivity (Wildman–Crippen MR) is 105 cm³/mol. The van der Waals surface area contributed by atoms with Crippen molar-refractivity contribution in [2.24, 2.45) is 0 Å². The summed E-state index contributed by atoms with van der Waals surface area (Å²) in [7, 11) is 0. The smallest absolute Gasteiger partial charge is 0.255 e. The first kappa shape index (κ1) is 18.7. The van der Waals surface area contributed by atoms with E-state index in [0.29, 0.717) is 29.6 Å². The van der Waals surface area contributed by atoms with Crippen LogP contribution in [0.15, 0.2) is 42.5 Å². The highest BCUT2D eigenvalue weighted by Crippen LogP contribution is 2.30. The number of hydrogen-bond donors (Lipinski definition) is 0. The van der Waals surface area contributed by atoms with Crippen LogP contribution < -0.4 is 4.90 Å². The van der Waals surface area contributed by atoms with E-state index >= 15 is 0 Å². The van der Waals surface area contributed by atoms with Gasteiger partial charge in [-0.25, -0.2) is 0 Å². The molecule has 6 heteroatoms.